The summed E-state index contributed by atoms with van der Waals surface area (Å²) in [6, 6.07) is 38.4. The number of hydrogen-bond acceptors (Lipinski definition) is 1. The highest BCUT2D eigenvalue weighted by atomic mass is 14.9. The largest absolute Gasteiger partial charge is 0.355 e. The highest BCUT2D eigenvalue weighted by Gasteiger charge is 2.08. The maximum Gasteiger partial charge on any atom is 0.0464 e. The van der Waals surface area contributed by atoms with Crippen LogP contribution in [0, 0.1) is 0 Å². The number of benzene rings is 5. The Bertz CT molecular complexity index is 1230. The molecule has 0 aliphatic carbocycles. The number of rotatable bonds is 3. The number of hydrogen-bond donors (Lipinski definition) is 1. The number of anilines is 2. The first-order valence-electron chi connectivity index (χ1n) is 9.22. The van der Waals surface area contributed by atoms with Gasteiger partial charge < -0.3 is 5.32 Å². The highest BCUT2D eigenvalue weighted by Crippen LogP contribution is 2.35. The SMILES string of the molecule is c1ccc(-c2cccc3c(Nc4cccc5ccccc45)cccc23)cc1. The predicted octanol–water partition coefficient (Wildman–Crippen LogP) is 7.40. The molecule has 5 aromatic carbocycles. The molecule has 0 bridgehead atoms. The second-order valence-electron chi connectivity index (χ2n) is 6.72. The van der Waals surface area contributed by atoms with Gasteiger partial charge in [0, 0.05) is 22.1 Å². The van der Waals surface area contributed by atoms with Crippen LogP contribution in [0.1, 0.15) is 0 Å². The topological polar surface area (TPSA) is 12.0 Å². The molecule has 0 aliphatic heterocycles. The minimum Gasteiger partial charge on any atom is -0.355 e. The second kappa shape index (κ2) is 6.62. The minimum atomic E-state index is 1.13. The summed E-state index contributed by atoms with van der Waals surface area (Å²) in [4.78, 5) is 0. The molecular weight excluding hydrogens is 326 g/mol. The third kappa shape index (κ3) is 2.84. The van der Waals surface area contributed by atoms with E-state index in [0.717, 1.165) is 11.4 Å². The Hall–Kier alpha value is -3.58. The average Bonchev–Trinajstić information content (AvgIpc) is 2.74. The number of fused-ring (bicyclic) bond motifs is 2. The first-order chi connectivity index (χ1) is 13.4. The third-order valence-corrected chi connectivity index (χ3v) is 5.07. The zero-order valence-electron chi connectivity index (χ0n) is 14.9. The summed E-state index contributed by atoms with van der Waals surface area (Å²) >= 11 is 0. The van der Waals surface area contributed by atoms with Crippen LogP contribution in [0.15, 0.2) is 109 Å². The summed E-state index contributed by atoms with van der Waals surface area (Å²) < 4.78 is 0. The molecule has 1 heteroatoms. The third-order valence-electron chi connectivity index (χ3n) is 5.07. The van der Waals surface area contributed by atoms with Crippen molar-refractivity contribution in [2.45, 2.75) is 0 Å². The van der Waals surface area contributed by atoms with E-state index in [2.05, 4.69) is 115 Å². The zero-order valence-corrected chi connectivity index (χ0v) is 14.9. The molecule has 0 spiro atoms. The Morgan fingerprint density at radius 2 is 1.00 bits per heavy atom. The summed E-state index contributed by atoms with van der Waals surface area (Å²) in [5, 5.41) is 8.63. The van der Waals surface area contributed by atoms with Gasteiger partial charge in [-0.05, 0) is 34.0 Å². The van der Waals surface area contributed by atoms with Crippen LogP contribution in [-0.2, 0) is 0 Å². The van der Waals surface area contributed by atoms with Gasteiger partial charge in [0.2, 0.25) is 0 Å². The highest BCUT2D eigenvalue weighted by molar-refractivity contribution is 6.05. The van der Waals surface area contributed by atoms with Crippen molar-refractivity contribution < 1.29 is 0 Å². The van der Waals surface area contributed by atoms with Crippen molar-refractivity contribution in [3.8, 4) is 11.1 Å². The fraction of sp³-hybridized carbons (Fsp3) is 0. The van der Waals surface area contributed by atoms with Crippen molar-refractivity contribution >= 4 is 32.9 Å². The molecule has 128 valence electrons. The van der Waals surface area contributed by atoms with Gasteiger partial charge in [-0.15, -0.1) is 0 Å². The average molecular weight is 345 g/mol. The zero-order chi connectivity index (χ0) is 18.1. The van der Waals surface area contributed by atoms with Crippen LogP contribution in [0.3, 0.4) is 0 Å². The number of nitrogens with one attached hydrogen (secondary N) is 1. The molecule has 0 aliphatic rings. The van der Waals surface area contributed by atoms with Crippen molar-refractivity contribution in [1.29, 1.82) is 0 Å². The molecule has 5 rings (SSSR count). The lowest BCUT2D eigenvalue weighted by molar-refractivity contribution is 1.60. The van der Waals surface area contributed by atoms with Crippen LogP contribution < -0.4 is 5.32 Å². The van der Waals surface area contributed by atoms with Crippen molar-refractivity contribution in [2.24, 2.45) is 0 Å². The molecule has 0 radical (unpaired) electrons. The fourth-order valence-electron chi connectivity index (χ4n) is 3.77. The van der Waals surface area contributed by atoms with E-state index in [-0.39, 0.29) is 0 Å². The van der Waals surface area contributed by atoms with Crippen LogP contribution in [0.5, 0.6) is 0 Å². The van der Waals surface area contributed by atoms with E-state index in [1.807, 2.05) is 0 Å². The van der Waals surface area contributed by atoms with Gasteiger partial charge in [0.1, 0.15) is 0 Å². The van der Waals surface area contributed by atoms with Crippen LogP contribution in [0.4, 0.5) is 11.4 Å². The van der Waals surface area contributed by atoms with E-state index in [1.165, 1.54) is 32.7 Å². The molecule has 1 nitrogen and oxygen atoms in total. The molecule has 0 heterocycles. The van der Waals surface area contributed by atoms with E-state index >= 15 is 0 Å². The van der Waals surface area contributed by atoms with Gasteiger partial charge in [0.15, 0.2) is 0 Å². The van der Waals surface area contributed by atoms with Gasteiger partial charge in [-0.1, -0.05) is 97.1 Å². The van der Waals surface area contributed by atoms with Gasteiger partial charge in [0.05, 0.1) is 0 Å². The Morgan fingerprint density at radius 3 is 1.89 bits per heavy atom. The molecule has 0 fully saturated rings. The van der Waals surface area contributed by atoms with Gasteiger partial charge in [-0.25, -0.2) is 0 Å². The van der Waals surface area contributed by atoms with Crippen molar-refractivity contribution in [2.75, 3.05) is 5.32 Å². The van der Waals surface area contributed by atoms with Crippen LogP contribution in [0.2, 0.25) is 0 Å². The molecule has 0 atom stereocenters. The lowest BCUT2D eigenvalue weighted by atomic mass is 9.97. The monoisotopic (exact) mass is 345 g/mol. The Balaban J connectivity index is 1.66. The Labute approximate surface area is 158 Å². The first kappa shape index (κ1) is 15.7. The smallest absolute Gasteiger partial charge is 0.0464 e. The van der Waals surface area contributed by atoms with E-state index < -0.39 is 0 Å². The summed E-state index contributed by atoms with van der Waals surface area (Å²) in [6.45, 7) is 0. The normalized spacial score (nSPS) is 11.0. The second-order valence-corrected chi connectivity index (χ2v) is 6.72. The molecule has 1 N–H and O–H groups in total. The van der Waals surface area contributed by atoms with Crippen LogP contribution >= 0.6 is 0 Å². The maximum absolute atomic E-state index is 3.67. The Morgan fingerprint density at radius 1 is 0.407 bits per heavy atom. The van der Waals surface area contributed by atoms with Gasteiger partial charge in [-0.2, -0.15) is 0 Å². The molecule has 0 saturated carbocycles. The van der Waals surface area contributed by atoms with Crippen molar-refractivity contribution in [3.05, 3.63) is 109 Å². The quantitative estimate of drug-likeness (QED) is 0.359. The molecule has 0 unspecified atom stereocenters. The van der Waals surface area contributed by atoms with Gasteiger partial charge >= 0.3 is 0 Å². The standard InChI is InChI=1S/C26H19N/c1-2-9-19(10-3-1)21-14-7-16-24-23(21)15-8-18-26(24)27-25-17-6-12-20-11-4-5-13-22(20)25/h1-18,27H. The Kier molecular flexibility index (Phi) is 3.84. The van der Waals surface area contributed by atoms with E-state index in [1.54, 1.807) is 0 Å². The van der Waals surface area contributed by atoms with E-state index in [9.17, 15) is 0 Å². The summed E-state index contributed by atoms with van der Waals surface area (Å²) in [5.74, 6) is 0. The minimum absolute atomic E-state index is 1.13. The molecule has 0 saturated heterocycles. The summed E-state index contributed by atoms with van der Waals surface area (Å²) in [5.41, 5.74) is 4.76. The fourth-order valence-corrected chi connectivity index (χ4v) is 3.77. The molecule has 5 aromatic rings. The molecule has 27 heavy (non-hydrogen) atoms. The molecule has 0 amide bonds. The van der Waals surface area contributed by atoms with Gasteiger partial charge in [0.25, 0.3) is 0 Å². The lowest BCUT2D eigenvalue weighted by Gasteiger charge is -2.14. The predicted molar refractivity (Wildman–Crippen MR) is 117 cm³/mol. The lowest BCUT2D eigenvalue weighted by Crippen LogP contribution is -1.93. The summed E-state index contributed by atoms with van der Waals surface area (Å²) in [6.07, 6.45) is 0. The first-order valence-corrected chi connectivity index (χ1v) is 9.22. The van der Waals surface area contributed by atoms with Crippen molar-refractivity contribution in [3.63, 3.8) is 0 Å². The van der Waals surface area contributed by atoms with E-state index in [4.69, 9.17) is 0 Å². The molecule has 0 aromatic heterocycles. The van der Waals surface area contributed by atoms with Gasteiger partial charge in [-0.3, -0.25) is 0 Å². The van der Waals surface area contributed by atoms with Crippen molar-refractivity contribution in [1.82, 2.24) is 0 Å². The van der Waals surface area contributed by atoms with Crippen LogP contribution in [-0.4, -0.2) is 0 Å². The molecular formula is C26H19N. The van der Waals surface area contributed by atoms with Crippen LogP contribution in [0.25, 0.3) is 32.7 Å². The maximum atomic E-state index is 3.67. The summed E-state index contributed by atoms with van der Waals surface area (Å²) in [7, 11) is 0. The van der Waals surface area contributed by atoms with E-state index in [0.29, 0.717) is 0 Å².